The van der Waals surface area contributed by atoms with Crippen LogP contribution in [0.3, 0.4) is 0 Å². The molecular formula is C18H30N2O. The van der Waals surface area contributed by atoms with E-state index in [4.69, 9.17) is 4.74 Å². The second-order valence-corrected chi connectivity index (χ2v) is 5.97. The Bertz CT molecular complexity index is 417. The van der Waals surface area contributed by atoms with Gasteiger partial charge in [-0.15, -0.1) is 0 Å². The maximum absolute atomic E-state index is 5.37. The van der Waals surface area contributed by atoms with Crippen molar-refractivity contribution in [1.29, 1.82) is 0 Å². The van der Waals surface area contributed by atoms with Crippen molar-refractivity contribution in [3.05, 3.63) is 29.8 Å². The van der Waals surface area contributed by atoms with E-state index in [2.05, 4.69) is 42.3 Å². The molecule has 1 fully saturated rings. The normalized spacial score (nSPS) is 16.2. The van der Waals surface area contributed by atoms with Crippen LogP contribution in [0.4, 0.5) is 0 Å². The van der Waals surface area contributed by atoms with Crippen LogP contribution in [-0.2, 0) is 0 Å². The summed E-state index contributed by atoms with van der Waals surface area (Å²) in [4.78, 5) is 2.68. The number of benzene rings is 1. The quantitative estimate of drug-likeness (QED) is 0.712. The van der Waals surface area contributed by atoms with Crippen LogP contribution in [0.1, 0.15) is 51.1 Å². The lowest BCUT2D eigenvalue weighted by atomic mass is 10.1. The minimum Gasteiger partial charge on any atom is -0.497 e. The highest BCUT2D eigenvalue weighted by Crippen LogP contribution is 2.29. The molecule has 0 aliphatic heterocycles. The fourth-order valence-electron chi connectivity index (χ4n) is 2.85. The number of hydrogen-bond acceptors (Lipinski definition) is 3. The van der Waals surface area contributed by atoms with E-state index in [9.17, 15) is 0 Å². The monoisotopic (exact) mass is 290 g/mol. The van der Waals surface area contributed by atoms with Crippen molar-refractivity contribution < 1.29 is 4.74 Å². The number of unbranched alkanes of at least 4 members (excludes halogenated alkanes) is 1. The molecule has 0 amide bonds. The van der Waals surface area contributed by atoms with Gasteiger partial charge in [-0.25, -0.2) is 0 Å². The number of likely N-dealkylation sites (N-methyl/N-ethyl adjacent to an activating group) is 1. The molecular weight excluding hydrogens is 260 g/mol. The predicted octanol–water partition coefficient (Wildman–Crippen LogP) is 3.61. The van der Waals surface area contributed by atoms with E-state index in [1.807, 2.05) is 6.07 Å². The largest absolute Gasteiger partial charge is 0.497 e. The fraction of sp³-hybridized carbons (Fsp3) is 0.667. The van der Waals surface area contributed by atoms with Crippen LogP contribution in [0.2, 0.25) is 0 Å². The molecule has 1 saturated carbocycles. The van der Waals surface area contributed by atoms with E-state index in [1.54, 1.807) is 7.11 Å². The average molecular weight is 290 g/mol. The van der Waals surface area contributed by atoms with E-state index in [0.717, 1.165) is 24.9 Å². The lowest BCUT2D eigenvalue weighted by Crippen LogP contribution is -2.37. The molecule has 0 radical (unpaired) electrons. The summed E-state index contributed by atoms with van der Waals surface area (Å²) in [6, 6.07) is 9.69. The minimum atomic E-state index is 0.391. The molecule has 0 saturated heterocycles. The van der Waals surface area contributed by atoms with E-state index >= 15 is 0 Å². The van der Waals surface area contributed by atoms with Crippen molar-refractivity contribution in [2.75, 3.05) is 26.7 Å². The highest BCUT2D eigenvalue weighted by molar-refractivity contribution is 5.30. The Kier molecular flexibility index (Phi) is 6.52. The van der Waals surface area contributed by atoms with Crippen LogP contribution < -0.4 is 10.1 Å². The summed E-state index contributed by atoms with van der Waals surface area (Å²) in [5, 5.41) is 3.64. The summed E-state index contributed by atoms with van der Waals surface area (Å²) in [5.41, 5.74) is 1.33. The standard InChI is InChI=1S/C18H30N2O/c1-4-6-12-20(16-10-11-16)14-18(19-5-2)15-8-7-9-17(13-15)21-3/h7-9,13,16,18-19H,4-6,10-12,14H2,1-3H3. The topological polar surface area (TPSA) is 24.5 Å². The van der Waals surface area contributed by atoms with Gasteiger partial charge in [-0.2, -0.15) is 0 Å². The molecule has 0 bridgehead atoms. The molecule has 1 aliphatic carbocycles. The third-order valence-corrected chi connectivity index (χ3v) is 4.23. The number of hydrogen-bond donors (Lipinski definition) is 1. The van der Waals surface area contributed by atoms with E-state index in [0.29, 0.717) is 6.04 Å². The average Bonchev–Trinajstić information content (AvgIpc) is 3.35. The van der Waals surface area contributed by atoms with Crippen molar-refractivity contribution >= 4 is 0 Å². The third kappa shape index (κ3) is 5.01. The van der Waals surface area contributed by atoms with Crippen LogP contribution in [0.25, 0.3) is 0 Å². The Morgan fingerprint density at radius 3 is 2.76 bits per heavy atom. The Morgan fingerprint density at radius 1 is 1.33 bits per heavy atom. The molecule has 1 N–H and O–H groups in total. The summed E-state index contributed by atoms with van der Waals surface area (Å²) >= 11 is 0. The number of methoxy groups -OCH3 is 1. The highest BCUT2D eigenvalue weighted by Gasteiger charge is 2.30. The van der Waals surface area contributed by atoms with Gasteiger partial charge in [0.2, 0.25) is 0 Å². The number of nitrogens with zero attached hydrogens (tertiary/aromatic N) is 1. The summed E-state index contributed by atoms with van der Waals surface area (Å²) in [7, 11) is 1.74. The lowest BCUT2D eigenvalue weighted by molar-refractivity contribution is 0.230. The highest BCUT2D eigenvalue weighted by atomic mass is 16.5. The Balaban J connectivity index is 2.05. The SMILES string of the molecule is CCCCN(CC(NCC)c1cccc(OC)c1)C1CC1. The molecule has 1 aromatic rings. The van der Waals surface area contributed by atoms with Crippen LogP contribution in [0.15, 0.2) is 24.3 Å². The van der Waals surface area contributed by atoms with Gasteiger partial charge < -0.3 is 10.1 Å². The summed E-state index contributed by atoms with van der Waals surface area (Å²) in [6.07, 6.45) is 5.32. The number of nitrogens with one attached hydrogen (secondary N) is 1. The third-order valence-electron chi connectivity index (χ3n) is 4.23. The molecule has 0 spiro atoms. The van der Waals surface area contributed by atoms with Gasteiger partial charge in [0, 0.05) is 18.6 Å². The van der Waals surface area contributed by atoms with Gasteiger partial charge >= 0.3 is 0 Å². The van der Waals surface area contributed by atoms with Gasteiger partial charge in [-0.05, 0) is 50.0 Å². The van der Waals surface area contributed by atoms with Gasteiger partial charge in [-0.1, -0.05) is 32.4 Å². The van der Waals surface area contributed by atoms with Crippen LogP contribution in [0.5, 0.6) is 5.75 Å². The van der Waals surface area contributed by atoms with Gasteiger partial charge in [0.05, 0.1) is 7.11 Å². The molecule has 21 heavy (non-hydrogen) atoms. The molecule has 118 valence electrons. The maximum atomic E-state index is 5.37. The smallest absolute Gasteiger partial charge is 0.119 e. The van der Waals surface area contributed by atoms with Crippen LogP contribution >= 0.6 is 0 Å². The summed E-state index contributed by atoms with van der Waals surface area (Å²) in [6.45, 7) is 7.78. The first-order valence-corrected chi connectivity index (χ1v) is 8.39. The maximum Gasteiger partial charge on any atom is 0.119 e. The first-order valence-electron chi connectivity index (χ1n) is 8.39. The second kappa shape index (κ2) is 8.40. The molecule has 1 unspecified atom stereocenters. The number of ether oxygens (including phenoxy) is 1. The number of rotatable bonds is 10. The molecule has 0 aromatic heterocycles. The van der Waals surface area contributed by atoms with Crippen LogP contribution in [0, 0.1) is 0 Å². The minimum absolute atomic E-state index is 0.391. The molecule has 1 aliphatic rings. The summed E-state index contributed by atoms with van der Waals surface area (Å²) in [5.74, 6) is 0.946. The first kappa shape index (κ1) is 16.3. The Morgan fingerprint density at radius 2 is 2.14 bits per heavy atom. The molecule has 2 rings (SSSR count). The Labute approximate surface area is 129 Å². The lowest BCUT2D eigenvalue weighted by Gasteiger charge is -2.28. The first-order chi connectivity index (χ1) is 10.3. The van der Waals surface area contributed by atoms with E-state index in [1.165, 1.54) is 37.8 Å². The van der Waals surface area contributed by atoms with Crippen LogP contribution in [-0.4, -0.2) is 37.7 Å². The van der Waals surface area contributed by atoms with Gasteiger partial charge in [0.25, 0.3) is 0 Å². The molecule has 3 nitrogen and oxygen atoms in total. The van der Waals surface area contributed by atoms with Crippen molar-refractivity contribution in [3.63, 3.8) is 0 Å². The van der Waals surface area contributed by atoms with Gasteiger partial charge in [0.15, 0.2) is 0 Å². The predicted molar refractivity (Wildman–Crippen MR) is 88.9 cm³/mol. The van der Waals surface area contributed by atoms with E-state index < -0.39 is 0 Å². The van der Waals surface area contributed by atoms with Crippen molar-refractivity contribution in [2.24, 2.45) is 0 Å². The molecule has 0 heterocycles. The van der Waals surface area contributed by atoms with Gasteiger partial charge in [0.1, 0.15) is 5.75 Å². The summed E-state index contributed by atoms with van der Waals surface area (Å²) < 4.78 is 5.37. The molecule has 1 atom stereocenters. The van der Waals surface area contributed by atoms with Crippen molar-refractivity contribution in [2.45, 2.75) is 51.6 Å². The van der Waals surface area contributed by atoms with E-state index in [-0.39, 0.29) is 0 Å². The Hall–Kier alpha value is -1.06. The second-order valence-electron chi connectivity index (χ2n) is 5.97. The van der Waals surface area contributed by atoms with Crippen molar-refractivity contribution in [3.8, 4) is 5.75 Å². The molecule has 1 aromatic carbocycles. The van der Waals surface area contributed by atoms with Gasteiger partial charge in [-0.3, -0.25) is 4.90 Å². The fourth-order valence-corrected chi connectivity index (χ4v) is 2.85. The molecule has 3 heteroatoms. The van der Waals surface area contributed by atoms with Crippen molar-refractivity contribution in [1.82, 2.24) is 10.2 Å². The zero-order chi connectivity index (χ0) is 15.1. The zero-order valence-corrected chi connectivity index (χ0v) is 13.8. The zero-order valence-electron chi connectivity index (χ0n) is 13.8.